The number of hydrogen-bond acceptors (Lipinski definition) is 4. The van der Waals surface area contributed by atoms with Gasteiger partial charge in [0.2, 0.25) is 5.82 Å². The maximum absolute atomic E-state index is 13.9. The van der Waals surface area contributed by atoms with Crippen LogP contribution in [0.15, 0.2) is 83.0 Å². The monoisotopic (exact) mass is 462 g/mol. The Labute approximate surface area is 192 Å². The van der Waals surface area contributed by atoms with E-state index in [1.165, 1.54) is 59.5 Å². The van der Waals surface area contributed by atoms with Gasteiger partial charge in [-0.15, -0.1) is 0 Å². The van der Waals surface area contributed by atoms with Gasteiger partial charge in [-0.1, -0.05) is 23.4 Å². The number of carbonyl (C=O) groups excluding carboxylic acids is 1. The molecule has 2 heterocycles. The van der Waals surface area contributed by atoms with Crippen LogP contribution in [-0.4, -0.2) is 16.2 Å². The molecule has 3 aromatic carbocycles. The molecule has 0 spiro atoms. The maximum atomic E-state index is 13.9. The Morgan fingerprint density at radius 3 is 2.26 bits per heavy atom. The molecule has 4 aromatic rings. The minimum absolute atomic E-state index is 0.104. The van der Waals surface area contributed by atoms with Crippen molar-refractivity contribution in [1.82, 2.24) is 15.5 Å². The number of urea groups is 1. The van der Waals surface area contributed by atoms with E-state index in [1.54, 1.807) is 25.1 Å². The lowest BCUT2D eigenvalue weighted by atomic mass is 9.94. The number of nitrogens with zero attached hydrogens (tertiary/aromatic N) is 3. The zero-order valence-corrected chi connectivity index (χ0v) is 17.8. The molecule has 0 radical (unpaired) electrons. The predicted octanol–water partition coefficient (Wildman–Crippen LogP) is 5.86. The van der Waals surface area contributed by atoms with Crippen LogP contribution in [-0.2, 0) is 0 Å². The van der Waals surface area contributed by atoms with E-state index in [9.17, 15) is 18.0 Å². The van der Waals surface area contributed by atoms with Crippen LogP contribution in [0.2, 0.25) is 0 Å². The summed E-state index contributed by atoms with van der Waals surface area (Å²) in [5, 5.41) is 6.87. The molecule has 0 aliphatic carbocycles. The van der Waals surface area contributed by atoms with Crippen molar-refractivity contribution in [1.29, 1.82) is 0 Å². The van der Waals surface area contributed by atoms with E-state index in [-0.39, 0.29) is 11.7 Å². The van der Waals surface area contributed by atoms with Crippen LogP contribution in [0.4, 0.5) is 23.7 Å². The normalized spacial score (nSPS) is 16.1. The first-order valence-corrected chi connectivity index (χ1v) is 10.3. The summed E-state index contributed by atoms with van der Waals surface area (Å²) in [7, 11) is 0. The van der Waals surface area contributed by atoms with Gasteiger partial charge >= 0.3 is 6.03 Å². The number of rotatable bonds is 4. The highest BCUT2D eigenvalue weighted by Gasteiger charge is 2.36. The molecule has 5 rings (SSSR count). The number of hydrogen-bond donors (Lipinski definition) is 1. The minimum Gasteiger partial charge on any atom is -0.334 e. The molecule has 1 aliphatic rings. The second-order valence-electron chi connectivity index (χ2n) is 7.68. The Hall–Kier alpha value is -4.40. The van der Waals surface area contributed by atoms with E-state index in [1.807, 2.05) is 0 Å². The molecule has 34 heavy (non-hydrogen) atoms. The Kier molecular flexibility index (Phi) is 5.37. The molecule has 2 amide bonds. The fourth-order valence-corrected chi connectivity index (χ4v) is 3.90. The molecule has 0 bridgehead atoms. The number of nitrogens with one attached hydrogen (secondary N) is 1. The number of aromatic nitrogens is 2. The van der Waals surface area contributed by atoms with Gasteiger partial charge in [0.1, 0.15) is 17.5 Å². The van der Waals surface area contributed by atoms with Crippen molar-refractivity contribution in [2.24, 2.45) is 0 Å². The number of anilines is 1. The van der Waals surface area contributed by atoms with Gasteiger partial charge in [-0.2, -0.15) is 4.98 Å². The van der Waals surface area contributed by atoms with E-state index in [0.717, 1.165) is 0 Å². The average Bonchev–Trinajstić information content (AvgIpc) is 3.29. The first-order valence-electron chi connectivity index (χ1n) is 10.3. The lowest BCUT2D eigenvalue weighted by Gasteiger charge is -2.35. The molecule has 1 atom stereocenters. The topological polar surface area (TPSA) is 71.3 Å². The fraction of sp³-hybridized carbons (Fsp3) is 0.0800. The van der Waals surface area contributed by atoms with Crippen LogP contribution in [0.1, 0.15) is 24.4 Å². The van der Waals surface area contributed by atoms with Gasteiger partial charge in [0.05, 0.1) is 17.3 Å². The molecule has 9 heteroatoms. The molecule has 0 fully saturated rings. The highest BCUT2D eigenvalue weighted by Crippen LogP contribution is 2.39. The van der Waals surface area contributed by atoms with Crippen molar-refractivity contribution in [3.8, 4) is 11.4 Å². The number of allylic oxidation sites excluding steroid dienone is 1. The second-order valence-corrected chi connectivity index (χ2v) is 7.68. The third-order valence-corrected chi connectivity index (χ3v) is 5.51. The summed E-state index contributed by atoms with van der Waals surface area (Å²) in [6.45, 7) is 1.68. The fourth-order valence-electron chi connectivity index (χ4n) is 3.90. The molecule has 1 aromatic heterocycles. The smallest absolute Gasteiger partial charge is 0.327 e. The van der Waals surface area contributed by atoms with Gasteiger partial charge in [0.25, 0.3) is 5.89 Å². The molecule has 6 nitrogen and oxygen atoms in total. The van der Waals surface area contributed by atoms with Crippen molar-refractivity contribution in [2.75, 3.05) is 4.90 Å². The van der Waals surface area contributed by atoms with E-state index in [0.29, 0.717) is 28.1 Å². The zero-order chi connectivity index (χ0) is 23.8. The molecule has 0 saturated heterocycles. The van der Waals surface area contributed by atoms with Crippen LogP contribution in [0.3, 0.4) is 0 Å². The lowest BCUT2D eigenvalue weighted by molar-refractivity contribution is 0.244. The van der Waals surface area contributed by atoms with Gasteiger partial charge in [0.15, 0.2) is 0 Å². The standard InChI is InChI=1S/C25H17F3N4O2/c1-14-21(24-30-23(31-34-24)16-7-11-18(27)12-8-16)22(15-5-9-17(26)10-6-15)29-25(33)32(14)20-4-2-3-19(28)13-20/h2-13,22H,1H3,(H,29,33). The van der Waals surface area contributed by atoms with Crippen molar-refractivity contribution in [3.63, 3.8) is 0 Å². The predicted molar refractivity (Wildman–Crippen MR) is 119 cm³/mol. The lowest BCUT2D eigenvalue weighted by Crippen LogP contribution is -2.46. The van der Waals surface area contributed by atoms with Gasteiger partial charge in [0, 0.05) is 11.3 Å². The summed E-state index contributed by atoms with van der Waals surface area (Å²) >= 11 is 0. The van der Waals surface area contributed by atoms with Gasteiger partial charge in [-0.25, -0.2) is 18.0 Å². The van der Waals surface area contributed by atoms with E-state index >= 15 is 0 Å². The maximum Gasteiger partial charge on any atom is 0.327 e. The van der Waals surface area contributed by atoms with Gasteiger partial charge in [-0.3, -0.25) is 4.90 Å². The highest BCUT2D eigenvalue weighted by molar-refractivity contribution is 6.01. The van der Waals surface area contributed by atoms with Crippen LogP contribution in [0.25, 0.3) is 17.0 Å². The minimum atomic E-state index is -0.737. The third kappa shape index (κ3) is 3.92. The van der Waals surface area contributed by atoms with Crippen LogP contribution >= 0.6 is 0 Å². The summed E-state index contributed by atoms with van der Waals surface area (Å²) in [5.74, 6) is -0.999. The van der Waals surface area contributed by atoms with Gasteiger partial charge < -0.3 is 9.84 Å². The summed E-state index contributed by atoms with van der Waals surface area (Å²) < 4.78 is 46.3. The summed E-state index contributed by atoms with van der Waals surface area (Å²) in [6.07, 6.45) is 0. The number of carbonyl (C=O) groups is 1. The first kappa shape index (κ1) is 21.4. The second kappa shape index (κ2) is 8.51. The first-order chi connectivity index (χ1) is 16.4. The molecular formula is C25H17F3N4O2. The highest BCUT2D eigenvalue weighted by atomic mass is 19.1. The number of amides is 2. The van der Waals surface area contributed by atoms with Crippen molar-refractivity contribution < 1.29 is 22.5 Å². The number of benzene rings is 3. The molecule has 0 saturated carbocycles. The van der Waals surface area contributed by atoms with Crippen molar-refractivity contribution in [2.45, 2.75) is 13.0 Å². The summed E-state index contributed by atoms with van der Waals surface area (Å²) in [5.41, 5.74) is 2.32. The SMILES string of the molecule is CC1=C(c2nc(-c3ccc(F)cc3)no2)C(c2ccc(F)cc2)NC(=O)N1c1cccc(F)c1. The quantitative estimate of drug-likeness (QED) is 0.413. The Morgan fingerprint density at radius 1 is 0.912 bits per heavy atom. The average molecular weight is 462 g/mol. The zero-order valence-electron chi connectivity index (χ0n) is 17.8. The Bertz CT molecular complexity index is 1400. The van der Waals surface area contributed by atoms with E-state index in [4.69, 9.17) is 4.52 Å². The van der Waals surface area contributed by atoms with E-state index in [2.05, 4.69) is 15.5 Å². The Morgan fingerprint density at radius 2 is 1.59 bits per heavy atom. The number of halogens is 3. The van der Waals surface area contributed by atoms with Crippen LogP contribution in [0, 0.1) is 17.5 Å². The molecule has 1 unspecified atom stereocenters. The van der Waals surface area contributed by atoms with Crippen LogP contribution in [0.5, 0.6) is 0 Å². The third-order valence-electron chi connectivity index (χ3n) is 5.51. The summed E-state index contributed by atoms with van der Waals surface area (Å²) in [6, 6.07) is 15.6. The molecule has 1 aliphatic heterocycles. The Balaban J connectivity index is 1.65. The van der Waals surface area contributed by atoms with E-state index < -0.39 is 29.5 Å². The van der Waals surface area contributed by atoms with Crippen LogP contribution < -0.4 is 10.2 Å². The molecular weight excluding hydrogens is 445 g/mol. The molecule has 170 valence electrons. The van der Waals surface area contributed by atoms with Crippen molar-refractivity contribution in [3.05, 3.63) is 107 Å². The summed E-state index contributed by atoms with van der Waals surface area (Å²) in [4.78, 5) is 18.9. The van der Waals surface area contributed by atoms with Gasteiger partial charge in [-0.05, 0) is 67.1 Å². The largest absolute Gasteiger partial charge is 0.334 e. The van der Waals surface area contributed by atoms with Crippen molar-refractivity contribution >= 4 is 17.3 Å². The molecule has 1 N–H and O–H groups in total.